The van der Waals surface area contributed by atoms with Gasteiger partial charge < -0.3 is 10.1 Å². The molecule has 1 N–H and O–H groups in total. The zero-order valence-corrected chi connectivity index (χ0v) is 9.72. The lowest BCUT2D eigenvalue weighted by molar-refractivity contribution is 0.0455. The number of aromatic nitrogens is 1. The first-order valence-corrected chi connectivity index (χ1v) is 6.21. The van der Waals surface area contributed by atoms with Crippen molar-refractivity contribution in [1.29, 1.82) is 0 Å². The second-order valence-electron chi connectivity index (χ2n) is 3.58. The SMILES string of the molecule is CCCNc1cc(SC2COC2)ccn1. The number of ether oxygens (including phenoxy) is 1. The van der Waals surface area contributed by atoms with Gasteiger partial charge in [0, 0.05) is 17.6 Å². The third kappa shape index (κ3) is 3.11. The summed E-state index contributed by atoms with van der Waals surface area (Å²) < 4.78 is 5.15. The van der Waals surface area contributed by atoms with Crippen LogP contribution in [-0.2, 0) is 4.74 Å². The standard InChI is InChI=1S/C11H16N2OS/c1-2-4-12-11-6-9(3-5-13-11)15-10-7-14-8-10/h3,5-6,10H,2,4,7-8H2,1H3,(H,12,13). The first-order valence-electron chi connectivity index (χ1n) is 5.33. The Morgan fingerprint density at radius 2 is 2.47 bits per heavy atom. The molecule has 1 saturated heterocycles. The van der Waals surface area contributed by atoms with Gasteiger partial charge in [-0.15, -0.1) is 11.8 Å². The van der Waals surface area contributed by atoms with Gasteiger partial charge in [0.1, 0.15) is 5.82 Å². The summed E-state index contributed by atoms with van der Waals surface area (Å²) in [4.78, 5) is 5.55. The van der Waals surface area contributed by atoms with Crippen LogP contribution in [0.4, 0.5) is 5.82 Å². The molecule has 0 aliphatic carbocycles. The number of hydrogen-bond acceptors (Lipinski definition) is 4. The van der Waals surface area contributed by atoms with Gasteiger partial charge in [-0.2, -0.15) is 0 Å². The molecule has 1 aromatic heterocycles. The molecule has 0 bridgehead atoms. The molecular formula is C11H16N2OS. The quantitative estimate of drug-likeness (QED) is 0.832. The number of nitrogens with zero attached hydrogens (tertiary/aromatic N) is 1. The molecule has 2 rings (SSSR count). The van der Waals surface area contributed by atoms with E-state index >= 15 is 0 Å². The summed E-state index contributed by atoms with van der Waals surface area (Å²) in [5.74, 6) is 0.974. The fourth-order valence-electron chi connectivity index (χ4n) is 1.31. The molecule has 3 nitrogen and oxygen atoms in total. The van der Waals surface area contributed by atoms with E-state index in [4.69, 9.17) is 4.74 Å². The Kier molecular flexibility index (Phi) is 3.86. The lowest BCUT2D eigenvalue weighted by Gasteiger charge is -2.25. The van der Waals surface area contributed by atoms with Crippen LogP contribution in [0.5, 0.6) is 0 Å². The zero-order chi connectivity index (χ0) is 10.5. The summed E-state index contributed by atoms with van der Waals surface area (Å²) in [6, 6.07) is 4.17. The molecule has 2 heterocycles. The molecule has 0 spiro atoms. The van der Waals surface area contributed by atoms with Gasteiger partial charge in [0.25, 0.3) is 0 Å². The number of pyridine rings is 1. The number of thioether (sulfide) groups is 1. The highest BCUT2D eigenvalue weighted by Gasteiger charge is 2.19. The van der Waals surface area contributed by atoms with Crippen molar-refractivity contribution >= 4 is 17.6 Å². The molecule has 4 heteroatoms. The molecule has 0 saturated carbocycles. The first-order chi connectivity index (χ1) is 7.38. The van der Waals surface area contributed by atoms with E-state index < -0.39 is 0 Å². The van der Waals surface area contributed by atoms with Crippen LogP contribution in [0, 0.1) is 0 Å². The van der Waals surface area contributed by atoms with Crippen molar-refractivity contribution < 1.29 is 4.74 Å². The van der Waals surface area contributed by atoms with Crippen molar-refractivity contribution in [3.8, 4) is 0 Å². The Morgan fingerprint density at radius 3 is 3.13 bits per heavy atom. The van der Waals surface area contributed by atoms with Gasteiger partial charge in [-0.05, 0) is 18.6 Å². The Balaban J connectivity index is 1.92. The molecule has 0 radical (unpaired) electrons. The molecular weight excluding hydrogens is 208 g/mol. The van der Waals surface area contributed by atoms with Crippen LogP contribution in [0.25, 0.3) is 0 Å². The second kappa shape index (κ2) is 5.37. The Morgan fingerprint density at radius 1 is 1.60 bits per heavy atom. The predicted molar refractivity (Wildman–Crippen MR) is 63.5 cm³/mol. The number of anilines is 1. The van der Waals surface area contributed by atoms with Crippen LogP contribution in [-0.4, -0.2) is 30.0 Å². The largest absolute Gasteiger partial charge is 0.379 e. The van der Waals surface area contributed by atoms with E-state index in [0.29, 0.717) is 5.25 Å². The van der Waals surface area contributed by atoms with E-state index in [0.717, 1.165) is 32.0 Å². The minimum absolute atomic E-state index is 0.631. The van der Waals surface area contributed by atoms with E-state index in [2.05, 4.69) is 29.4 Å². The van der Waals surface area contributed by atoms with Crippen molar-refractivity contribution in [3.05, 3.63) is 18.3 Å². The van der Waals surface area contributed by atoms with Gasteiger partial charge in [-0.25, -0.2) is 4.98 Å². The molecule has 15 heavy (non-hydrogen) atoms. The van der Waals surface area contributed by atoms with Crippen molar-refractivity contribution in [2.75, 3.05) is 25.1 Å². The Labute approximate surface area is 94.6 Å². The van der Waals surface area contributed by atoms with Crippen molar-refractivity contribution in [2.24, 2.45) is 0 Å². The highest BCUT2D eigenvalue weighted by molar-refractivity contribution is 8.00. The van der Waals surface area contributed by atoms with Gasteiger partial charge >= 0.3 is 0 Å². The molecule has 82 valence electrons. The maximum Gasteiger partial charge on any atom is 0.126 e. The van der Waals surface area contributed by atoms with Crippen LogP contribution in [0.3, 0.4) is 0 Å². The van der Waals surface area contributed by atoms with Gasteiger partial charge in [-0.3, -0.25) is 0 Å². The van der Waals surface area contributed by atoms with Crippen molar-refractivity contribution in [1.82, 2.24) is 4.98 Å². The number of hydrogen-bond donors (Lipinski definition) is 1. The average molecular weight is 224 g/mol. The van der Waals surface area contributed by atoms with Gasteiger partial charge in [0.05, 0.1) is 18.5 Å². The Hall–Kier alpha value is -0.740. The molecule has 0 amide bonds. The van der Waals surface area contributed by atoms with Crippen LogP contribution >= 0.6 is 11.8 Å². The van der Waals surface area contributed by atoms with Gasteiger partial charge in [0.2, 0.25) is 0 Å². The van der Waals surface area contributed by atoms with Crippen LogP contribution in [0.1, 0.15) is 13.3 Å². The monoisotopic (exact) mass is 224 g/mol. The van der Waals surface area contributed by atoms with E-state index in [1.54, 1.807) is 0 Å². The molecule has 1 aromatic rings. The van der Waals surface area contributed by atoms with Crippen molar-refractivity contribution in [3.63, 3.8) is 0 Å². The molecule has 0 unspecified atom stereocenters. The smallest absolute Gasteiger partial charge is 0.126 e. The molecule has 1 aliphatic rings. The van der Waals surface area contributed by atoms with Gasteiger partial charge in [-0.1, -0.05) is 6.92 Å². The topological polar surface area (TPSA) is 34.1 Å². The Bertz CT molecular complexity index is 315. The molecule has 1 aliphatic heterocycles. The van der Waals surface area contributed by atoms with Gasteiger partial charge in [0.15, 0.2) is 0 Å². The van der Waals surface area contributed by atoms with E-state index in [9.17, 15) is 0 Å². The second-order valence-corrected chi connectivity index (χ2v) is 4.95. The van der Waals surface area contributed by atoms with E-state index in [1.807, 2.05) is 18.0 Å². The molecule has 0 aromatic carbocycles. The summed E-state index contributed by atoms with van der Waals surface area (Å²) in [5, 5.41) is 3.92. The minimum Gasteiger partial charge on any atom is -0.379 e. The summed E-state index contributed by atoms with van der Waals surface area (Å²) >= 11 is 1.87. The first kappa shape index (κ1) is 10.8. The lowest BCUT2D eigenvalue weighted by atomic mass is 10.4. The summed E-state index contributed by atoms with van der Waals surface area (Å²) in [6.07, 6.45) is 2.98. The third-order valence-electron chi connectivity index (χ3n) is 2.20. The minimum atomic E-state index is 0.631. The summed E-state index contributed by atoms with van der Waals surface area (Å²) in [7, 11) is 0. The van der Waals surface area contributed by atoms with Crippen LogP contribution < -0.4 is 5.32 Å². The molecule has 1 fully saturated rings. The zero-order valence-electron chi connectivity index (χ0n) is 8.90. The molecule has 0 atom stereocenters. The third-order valence-corrected chi connectivity index (χ3v) is 3.33. The van der Waals surface area contributed by atoms with Crippen LogP contribution in [0.2, 0.25) is 0 Å². The maximum atomic E-state index is 5.15. The highest BCUT2D eigenvalue weighted by Crippen LogP contribution is 2.28. The highest BCUT2D eigenvalue weighted by atomic mass is 32.2. The predicted octanol–water partition coefficient (Wildman–Crippen LogP) is 2.39. The van der Waals surface area contributed by atoms with E-state index in [1.165, 1.54) is 4.90 Å². The van der Waals surface area contributed by atoms with Crippen molar-refractivity contribution in [2.45, 2.75) is 23.5 Å². The summed E-state index contributed by atoms with van der Waals surface area (Å²) in [6.45, 7) is 4.89. The fraction of sp³-hybridized carbons (Fsp3) is 0.545. The lowest BCUT2D eigenvalue weighted by Crippen LogP contribution is -2.30. The fourth-order valence-corrected chi connectivity index (χ4v) is 2.34. The van der Waals surface area contributed by atoms with Crippen LogP contribution in [0.15, 0.2) is 23.2 Å². The summed E-state index contributed by atoms with van der Waals surface area (Å²) in [5.41, 5.74) is 0. The number of rotatable bonds is 5. The average Bonchev–Trinajstić information content (AvgIpc) is 2.21. The van der Waals surface area contributed by atoms with E-state index in [-0.39, 0.29) is 0 Å². The normalized spacial score (nSPS) is 16.1. The maximum absolute atomic E-state index is 5.15. The number of nitrogens with one attached hydrogen (secondary N) is 1.